The van der Waals surface area contributed by atoms with Crippen LogP contribution in [0.15, 0.2) is 5.16 Å². The highest BCUT2D eigenvalue weighted by atomic mass is 32.2. The number of hydrogen-bond donors (Lipinski definition) is 2. The summed E-state index contributed by atoms with van der Waals surface area (Å²) in [5.74, 6) is 1.39. The van der Waals surface area contributed by atoms with Crippen molar-refractivity contribution >= 4 is 11.8 Å². The van der Waals surface area contributed by atoms with Gasteiger partial charge in [0.2, 0.25) is 0 Å². The molecule has 0 aromatic carbocycles. The number of aryl methyl sites for hydroxylation is 1. The van der Waals surface area contributed by atoms with E-state index in [9.17, 15) is 5.11 Å². The summed E-state index contributed by atoms with van der Waals surface area (Å²) in [4.78, 5) is 0. The SMILES string of the molecule is Cc1nnc(SC(CO)C(N)CC(C)C)n1C. The topological polar surface area (TPSA) is 77.0 Å². The number of aromatic nitrogens is 3. The Balaban J connectivity index is 2.66. The minimum atomic E-state index is -0.0281. The second-order valence-electron chi connectivity index (χ2n) is 4.72. The van der Waals surface area contributed by atoms with E-state index in [1.54, 1.807) is 0 Å². The molecule has 0 aliphatic rings. The van der Waals surface area contributed by atoms with Crippen LogP contribution in [0, 0.1) is 12.8 Å². The second kappa shape index (κ2) is 6.37. The highest BCUT2D eigenvalue weighted by molar-refractivity contribution is 7.99. The van der Waals surface area contributed by atoms with Crippen LogP contribution in [-0.4, -0.2) is 37.8 Å². The molecule has 0 aliphatic carbocycles. The third kappa shape index (κ3) is 3.97. The Morgan fingerprint density at radius 2 is 2.06 bits per heavy atom. The van der Waals surface area contributed by atoms with E-state index in [4.69, 9.17) is 5.73 Å². The first-order valence-corrected chi connectivity index (χ1v) is 6.72. The molecule has 0 radical (unpaired) electrons. The summed E-state index contributed by atoms with van der Waals surface area (Å²) >= 11 is 1.50. The molecule has 1 heterocycles. The van der Waals surface area contributed by atoms with E-state index in [1.807, 2.05) is 18.5 Å². The number of thioether (sulfide) groups is 1. The molecule has 0 saturated heterocycles. The highest BCUT2D eigenvalue weighted by Gasteiger charge is 2.21. The summed E-state index contributed by atoms with van der Waals surface area (Å²) in [6.45, 7) is 6.22. The summed E-state index contributed by atoms with van der Waals surface area (Å²) in [6.07, 6.45) is 0.898. The van der Waals surface area contributed by atoms with Crippen LogP contribution >= 0.6 is 11.8 Å². The monoisotopic (exact) mass is 258 g/mol. The molecule has 98 valence electrons. The number of nitrogens with two attached hydrogens (primary N) is 1. The van der Waals surface area contributed by atoms with Gasteiger partial charge in [-0.1, -0.05) is 25.6 Å². The van der Waals surface area contributed by atoms with Gasteiger partial charge < -0.3 is 15.4 Å². The maximum Gasteiger partial charge on any atom is 0.191 e. The first-order valence-electron chi connectivity index (χ1n) is 5.84. The van der Waals surface area contributed by atoms with Gasteiger partial charge in [-0.3, -0.25) is 0 Å². The maximum atomic E-state index is 9.41. The van der Waals surface area contributed by atoms with Crippen LogP contribution in [0.1, 0.15) is 26.1 Å². The summed E-state index contributed by atoms with van der Waals surface area (Å²) in [5.41, 5.74) is 6.10. The van der Waals surface area contributed by atoms with Crippen molar-refractivity contribution in [1.29, 1.82) is 0 Å². The van der Waals surface area contributed by atoms with Crippen molar-refractivity contribution in [2.75, 3.05) is 6.61 Å². The molecule has 0 amide bonds. The molecule has 2 unspecified atom stereocenters. The molecule has 0 saturated carbocycles. The fraction of sp³-hybridized carbons (Fsp3) is 0.818. The Morgan fingerprint density at radius 1 is 1.41 bits per heavy atom. The standard InChI is InChI=1S/C11H22N4OS/c1-7(2)5-9(12)10(6-16)17-11-14-13-8(3)15(11)4/h7,9-10,16H,5-6,12H2,1-4H3. The van der Waals surface area contributed by atoms with Crippen LogP contribution in [0.2, 0.25) is 0 Å². The molecule has 0 spiro atoms. The molecular formula is C11H22N4OS. The molecule has 2 atom stereocenters. The van der Waals surface area contributed by atoms with E-state index in [1.165, 1.54) is 11.8 Å². The van der Waals surface area contributed by atoms with Gasteiger partial charge >= 0.3 is 0 Å². The van der Waals surface area contributed by atoms with Crippen molar-refractivity contribution in [3.05, 3.63) is 5.82 Å². The number of aliphatic hydroxyl groups is 1. The number of rotatable bonds is 6. The van der Waals surface area contributed by atoms with Gasteiger partial charge in [-0.05, 0) is 19.3 Å². The normalized spacial score (nSPS) is 15.2. The molecule has 6 heteroatoms. The summed E-state index contributed by atoms with van der Waals surface area (Å²) in [5, 5.41) is 18.3. The fourth-order valence-electron chi connectivity index (χ4n) is 1.58. The molecule has 1 aromatic heterocycles. The zero-order chi connectivity index (χ0) is 13.0. The van der Waals surface area contributed by atoms with Crippen molar-refractivity contribution in [3.8, 4) is 0 Å². The van der Waals surface area contributed by atoms with E-state index >= 15 is 0 Å². The van der Waals surface area contributed by atoms with Crippen molar-refractivity contribution in [2.24, 2.45) is 18.7 Å². The summed E-state index contributed by atoms with van der Waals surface area (Å²) in [7, 11) is 1.92. The van der Waals surface area contributed by atoms with Gasteiger partial charge in [-0.25, -0.2) is 0 Å². The Morgan fingerprint density at radius 3 is 2.47 bits per heavy atom. The van der Waals surface area contributed by atoms with Gasteiger partial charge in [0.05, 0.1) is 11.9 Å². The minimum Gasteiger partial charge on any atom is -0.395 e. The molecule has 0 aliphatic heterocycles. The quantitative estimate of drug-likeness (QED) is 0.743. The van der Waals surface area contributed by atoms with Crippen molar-refractivity contribution in [1.82, 2.24) is 14.8 Å². The maximum absolute atomic E-state index is 9.41. The van der Waals surface area contributed by atoms with E-state index in [0.717, 1.165) is 17.4 Å². The largest absolute Gasteiger partial charge is 0.395 e. The van der Waals surface area contributed by atoms with Gasteiger partial charge in [-0.2, -0.15) is 0 Å². The second-order valence-corrected chi connectivity index (χ2v) is 5.93. The third-order valence-electron chi connectivity index (χ3n) is 2.71. The van der Waals surface area contributed by atoms with E-state index < -0.39 is 0 Å². The Bertz CT molecular complexity index is 353. The Hall–Kier alpha value is -0.590. The van der Waals surface area contributed by atoms with Crippen molar-refractivity contribution in [2.45, 2.75) is 43.6 Å². The molecule has 17 heavy (non-hydrogen) atoms. The molecule has 0 bridgehead atoms. The van der Waals surface area contributed by atoms with Gasteiger partial charge in [-0.15, -0.1) is 10.2 Å². The molecule has 1 aromatic rings. The molecule has 5 nitrogen and oxygen atoms in total. The van der Waals surface area contributed by atoms with Crippen LogP contribution in [0.4, 0.5) is 0 Å². The predicted octanol–water partition coefficient (Wildman–Crippen LogP) is 0.950. The van der Waals surface area contributed by atoms with Crippen LogP contribution in [-0.2, 0) is 7.05 Å². The lowest BCUT2D eigenvalue weighted by atomic mass is 10.0. The van der Waals surface area contributed by atoms with E-state index in [2.05, 4.69) is 24.0 Å². The zero-order valence-corrected chi connectivity index (χ0v) is 11.7. The van der Waals surface area contributed by atoms with Crippen molar-refractivity contribution < 1.29 is 5.11 Å². The predicted molar refractivity (Wildman–Crippen MR) is 69.9 cm³/mol. The average molecular weight is 258 g/mol. The number of nitrogens with zero attached hydrogens (tertiary/aromatic N) is 3. The zero-order valence-electron chi connectivity index (χ0n) is 10.9. The Kier molecular flexibility index (Phi) is 5.42. The Labute approximate surface area is 107 Å². The van der Waals surface area contributed by atoms with Gasteiger partial charge in [0.25, 0.3) is 0 Å². The van der Waals surface area contributed by atoms with E-state index in [-0.39, 0.29) is 17.9 Å². The first kappa shape index (κ1) is 14.5. The van der Waals surface area contributed by atoms with Crippen molar-refractivity contribution in [3.63, 3.8) is 0 Å². The van der Waals surface area contributed by atoms with Crippen LogP contribution in [0.25, 0.3) is 0 Å². The number of aliphatic hydroxyl groups excluding tert-OH is 1. The average Bonchev–Trinajstić information content (AvgIpc) is 2.56. The van der Waals surface area contributed by atoms with Gasteiger partial charge in [0.15, 0.2) is 5.16 Å². The summed E-state index contributed by atoms with van der Waals surface area (Å²) < 4.78 is 1.91. The first-order chi connectivity index (χ1) is 7.95. The smallest absolute Gasteiger partial charge is 0.191 e. The lowest BCUT2D eigenvalue weighted by Crippen LogP contribution is -2.36. The van der Waals surface area contributed by atoms with Crippen LogP contribution in [0.3, 0.4) is 0 Å². The third-order valence-corrected chi connectivity index (χ3v) is 4.08. The highest BCUT2D eigenvalue weighted by Crippen LogP contribution is 2.25. The van der Waals surface area contributed by atoms with E-state index in [0.29, 0.717) is 5.92 Å². The lowest BCUT2D eigenvalue weighted by molar-refractivity contribution is 0.274. The molecule has 1 rings (SSSR count). The molecule has 3 N–H and O–H groups in total. The number of hydrogen-bond acceptors (Lipinski definition) is 5. The summed E-state index contributed by atoms with van der Waals surface area (Å²) in [6, 6.07) is -0.0259. The van der Waals surface area contributed by atoms with Gasteiger partial charge in [0.1, 0.15) is 5.82 Å². The fourth-order valence-corrected chi connectivity index (χ4v) is 2.59. The molecule has 0 fully saturated rings. The van der Waals surface area contributed by atoms with Crippen LogP contribution < -0.4 is 5.73 Å². The van der Waals surface area contributed by atoms with Crippen LogP contribution in [0.5, 0.6) is 0 Å². The lowest BCUT2D eigenvalue weighted by Gasteiger charge is -2.22. The van der Waals surface area contributed by atoms with Gasteiger partial charge in [0, 0.05) is 13.1 Å². The minimum absolute atomic E-state index is 0.0259. The molecular weight excluding hydrogens is 236 g/mol.